The van der Waals surface area contributed by atoms with Gasteiger partial charge in [0.25, 0.3) is 0 Å². The highest BCUT2D eigenvalue weighted by Gasteiger charge is 2.08. The first-order valence-electron chi connectivity index (χ1n) is 5.62. The van der Waals surface area contributed by atoms with Crippen molar-refractivity contribution in [3.05, 3.63) is 18.3 Å². The van der Waals surface area contributed by atoms with Crippen molar-refractivity contribution in [2.24, 2.45) is 0 Å². The number of nitrogen functional groups attached to an aromatic ring is 1. The Labute approximate surface area is 101 Å². The summed E-state index contributed by atoms with van der Waals surface area (Å²) in [6, 6.07) is 3.89. The van der Waals surface area contributed by atoms with E-state index in [4.69, 9.17) is 5.73 Å². The van der Waals surface area contributed by atoms with Crippen LogP contribution in [0.15, 0.2) is 23.4 Å². The zero-order valence-corrected chi connectivity index (χ0v) is 10.2. The van der Waals surface area contributed by atoms with E-state index in [1.165, 1.54) is 0 Å². The highest BCUT2D eigenvalue weighted by Crippen LogP contribution is 2.15. The van der Waals surface area contributed by atoms with Gasteiger partial charge in [0.2, 0.25) is 0 Å². The first kappa shape index (κ1) is 11.7. The van der Waals surface area contributed by atoms with Crippen molar-refractivity contribution >= 4 is 17.4 Å². The average Bonchev–Trinajstić information content (AvgIpc) is 2.33. The van der Waals surface area contributed by atoms with Gasteiger partial charge in [-0.2, -0.15) is 0 Å². The summed E-state index contributed by atoms with van der Waals surface area (Å²) < 4.78 is 0. The molecular formula is C11H18N4S. The number of rotatable bonds is 4. The van der Waals surface area contributed by atoms with Crippen LogP contribution in [0.3, 0.4) is 0 Å². The van der Waals surface area contributed by atoms with Crippen molar-refractivity contribution < 1.29 is 0 Å². The molecule has 0 aromatic carbocycles. The third kappa shape index (κ3) is 3.66. The highest BCUT2D eigenvalue weighted by atomic mass is 32.2. The average molecular weight is 238 g/mol. The Morgan fingerprint density at radius 3 is 2.88 bits per heavy atom. The van der Waals surface area contributed by atoms with Crippen LogP contribution in [0, 0.1) is 0 Å². The van der Waals surface area contributed by atoms with E-state index in [1.807, 2.05) is 12.1 Å². The molecule has 0 amide bonds. The SMILES string of the molecule is Nc1ccc(SCCN2CCNCC2)nc1. The van der Waals surface area contributed by atoms with Gasteiger partial charge in [-0.25, -0.2) is 4.98 Å². The van der Waals surface area contributed by atoms with E-state index in [1.54, 1.807) is 18.0 Å². The number of nitrogens with zero attached hydrogens (tertiary/aromatic N) is 2. The van der Waals surface area contributed by atoms with Gasteiger partial charge in [-0.1, -0.05) is 0 Å². The molecule has 1 saturated heterocycles. The molecule has 2 heterocycles. The summed E-state index contributed by atoms with van der Waals surface area (Å²) in [5, 5.41) is 4.41. The van der Waals surface area contributed by atoms with Crippen molar-refractivity contribution in [2.75, 3.05) is 44.2 Å². The molecule has 1 aromatic rings. The molecule has 0 saturated carbocycles. The summed E-state index contributed by atoms with van der Waals surface area (Å²) in [6.07, 6.45) is 1.72. The standard InChI is InChI=1S/C11H18N4S/c12-10-1-2-11(14-9-10)16-8-7-15-5-3-13-4-6-15/h1-2,9,13H,3-8,12H2. The van der Waals surface area contributed by atoms with E-state index in [0.717, 1.165) is 49.2 Å². The third-order valence-electron chi connectivity index (χ3n) is 2.63. The van der Waals surface area contributed by atoms with Crippen molar-refractivity contribution in [3.8, 4) is 0 Å². The number of nitrogens with two attached hydrogens (primary N) is 1. The van der Waals surface area contributed by atoms with Crippen molar-refractivity contribution in [1.29, 1.82) is 0 Å². The van der Waals surface area contributed by atoms with E-state index in [2.05, 4.69) is 15.2 Å². The summed E-state index contributed by atoms with van der Waals surface area (Å²) in [4.78, 5) is 6.75. The van der Waals surface area contributed by atoms with Gasteiger partial charge in [0.1, 0.15) is 0 Å². The van der Waals surface area contributed by atoms with Crippen LogP contribution in [-0.4, -0.2) is 48.4 Å². The van der Waals surface area contributed by atoms with Gasteiger partial charge in [-0.05, 0) is 12.1 Å². The Morgan fingerprint density at radius 1 is 1.38 bits per heavy atom. The molecule has 3 N–H and O–H groups in total. The smallest absolute Gasteiger partial charge is 0.0961 e. The number of hydrogen-bond donors (Lipinski definition) is 2. The zero-order valence-electron chi connectivity index (χ0n) is 9.35. The monoisotopic (exact) mass is 238 g/mol. The Kier molecular flexibility index (Phi) is 4.44. The van der Waals surface area contributed by atoms with Crippen molar-refractivity contribution in [2.45, 2.75) is 5.03 Å². The van der Waals surface area contributed by atoms with Crippen LogP contribution in [0.5, 0.6) is 0 Å². The fraction of sp³-hybridized carbons (Fsp3) is 0.545. The molecule has 1 aliphatic heterocycles. The maximum absolute atomic E-state index is 5.59. The molecule has 88 valence electrons. The molecule has 16 heavy (non-hydrogen) atoms. The van der Waals surface area contributed by atoms with Crippen LogP contribution in [0.4, 0.5) is 5.69 Å². The van der Waals surface area contributed by atoms with Gasteiger partial charge in [0, 0.05) is 38.5 Å². The second kappa shape index (κ2) is 6.08. The molecule has 1 aliphatic rings. The van der Waals surface area contributed by atoms with Crippen LogP contribution in [0.2, 0.25) is 0 Å². The Hall–Kier alpha value is -0.780. The predicted octanol–water partition coefficient (Wildman–Crippen LogP) is 0.661. The fourth-order valence-corrected chi connectivity index (χ4v) is 2.54. The minimum atomic E-state index is 0.728. The van der Waals surface area contributed by atoms with E-state index in [-0.39, 0.29) is 0 Å². The molecule has 0 spiro atoms. The van der Waals surface area contributed by atoms with Crippen LogP contribution in [-0.2, 0) is 0 Å². The minimum Gasteiger partial charge on any atom is -0.397 e. The van der Waals surface area contributed by atoms with E-state index in [9.17, 15) is 0 Å². The lowest BCUT2D eigenvalue weighted by molar-refractivity contribution is 0.255. The predicted molar refractivity (Wildman–Crippen MR) is 68.7 cm³/mol. The van der Waals surface area contributed by atoms with Gasteiger partial charge in [0.05, 0.1) is 16.9 Å². The molecule has 5 heteroatoms. The van der Waals surface area contributed by atoms with Crippen LogP contribution < -0.4 is 11.1 Å². The maximum atomic E-state index is 5.59. The van der Waals surface area contributed by atoms with Gasteiger partial charge in [-0.3, -0.25) is 4.90 Å². The van der Waals surface area contributed by atoms with E-state index < -0.39 is 0 Å². The summed E-state index contributed by atoms with van der Waals surface area (Å²) in [6.45, 7) is 5.69. The van der Waals surface area contributed by atoms with Crippen LogP contribution >= 0.6 is 11.8 Å². The van der Waals surface area contributed by atoms with Crippen LogP contribution in [0.1, 0.15) is 0 Å². The van der Waals surface area contributed by atoms with Gasteiger partial charge >= 0.3 is 0 Å². The van der Waals surface area contributed by atoms with Gasteiger partial charge in [0.15, 0.2) is 0 Å². The molecule has 0 radical (unpaired) electrons. The lowest BCUT2D eigenvalue weighted by atomic mass is 10.4. The second-order valence-electron chi connectivity index (χ2n) is 3.87. The second-order valence-corrected chi connectivity index (χ2v) is 4.99. The lowest BCUT2D eigenvalue weighted by Crippen LogP contribution is -2.44. The summed E-state index contributed by atoms with van der Waals surface area (Å²) in [5.74, 6) is 1.09. The van der Waals surface area contributed by atoms with Gasteiger partial charge in [-0.15, -0.1) is 11.8 Å². The molecule has 0 bridgehead atoms. The first-order valence-corrected chi connectivity index (χ1v) is 6.60. The quantitative estimate of drug-likeness (QED) is 0.755. The van der Waals surface area contributed by atoms with Crippen molar-refractivity contribution in [3.63, 3.8) is 0 Å². The van der Waals surface area contributed by atoms with Gasteiger partial charge < -0.3 is 11.1 Å². The Morgan fingerprint density at radius 2 is 2.19 bits per heavy atom. The molecular weight excluding hydrogens is 220 g/mol. The zero-order chi connectivity index (χ0) is 11.2. The van der Waals surface area contributed by atoms with E-state index in [0.29, 0.717) is 0 Å². The molecule has 1 aromatic heterocycles. The maximum Gasteiger partial charge on any atom is 0.0961 e. The molecule has 2 rings (SSSR count). The molecule has 0 atom stereocenters. The number of anilines is 1. The molecule has 0 aliphatic carbocycles. The lowest BCUT2D eigenvalue weighted by Gasteiger charge is -2.26. The van der Waals surface area contributed by atoms with Crippen LogP contribution in [0.25, 0.3) is 0 Å². The number of aromatic nitrogens is 1. The number of piperazine rings is 1. The summed E-state index contributed by atoms with van der Waals surface area (Å²) in [7, 11) is 0. The topological polar surface area (TPSA) is 54.2 Å². The molecule has 4 nitrogen and oxygen atoms in total. The number of thioether (sulfide) groups is 1. The summed E-state index contributed by atoms with van der Waals surface area (Å²) >= 11 is 1.79. The minimum absolute atomic E-state index is 0.728. The Balaban J connectivity index is 1.69. The fourth-order valence-electron chi connectivity index (χ4n) is 1.69. The number of nitrogens with one attached hydrogen (secondary N) is 1. The highest BCUT2D eigenvalue weighted by molar-refractivity contribution is 7.99. The van der Waals surface area contributed by atoms with Crippen molar-refractivity contribution in [1.82, 2.24) is 15.2 Å². The number of pyridine rings is 1. The van der Waals surface area contributed by atoms with E-state index >= 15 is 0 Å². The Bertz CT molecular complexity index is 308. The number of hydrogen-bond acceptors (Lipinski definition) is 5. The summed E-state index contributed by atoms with van der Waals surface area (Å²) in [5.41, 5.74) is 6.31. The normalized spacial score (nSPS) is 17.5. The molecule has 1 fully saturated rings. The molecule has 0 unspecified atom stereocenters. The first-order chi connectivity index (χ1) is 7.84. The third-order valence-corrected chi connectivity index (χ3v) is 3.55. The largest absolute Gasteiger partial charge is 0.397 e.